The predicted molar refractivity (Wildman–Crippen MR) is 92.8 cm³/mol. The van der Waals surface area contributed by atoms with Crippen LogP contribution in [0.2, 0.25) is 0 Å². The minimum Gasteiger partial charge on any atom is -0.624 e. The first-order valence-corrected chi connectivity index (χ1v) is 8.48. The maximum absolute atomic E-state index is 12.9. The van der Waals surface area contributed by atoms with E-state index < -0.39 is 0 Å². The molecule has 0 spiro atoms. The van der Waals surface area contributed by atoms with E-state index in [1.54, 1.807) is 18.3 Å². The zero-order valence-electron chi connectivity index (χ0n) is 13.7. The normalized spacial score (nSPS) is 16.1. The molecule has 0 bridgehead atoms. The minimum absolute atomic E-state index is 0.119. The largest absolute Gasteiger partial charge is 0.624 e. The van der Waals surface area contributed by atoms with Gasteiger partial charge in [-0.05, 0) is 54.8 Å². The first-order chi connectivity index (χ1) is 11.7. The van der Waals surface area contributed by atoms with Gasteiger partial charge in [0.1, 0.15) is 18.2 Å². The molecule has 0 atom stereocenters. The fourth-order valence-corrected chi connectivity index (χ4v) is 2.99. The van der Waals surface area contributed by atoms with Gasteiger partial charge in [-0.25, -0.2) is 9.13 Å². The summed E-state index contributed by atoms with van der Waals surface area (Å²) in [5.41, 5.74) is 1.79. The molecule has 1 aliphatic rings. The SMILES string of the molecule is [O-][N+](=Cc1ccc(OCc2ccc(F)cc2)cc1)C1CCCCC1. The molecular formula is C20H22FNO2. The Hall–Kier alpha value is -2.36. The Bertz CT molecular complexity index is 674. The fourth-order valence-electron chi connectivity index (χ4n) is 2.99. The zero-order valence-corrected chi connectivity index (χ0v) is 13.7. The molecule has 4 heteroatoms. The van der Waals surface area contributed by atoms with Gasteiger partial charge < -0.3 is 9.94 Å². The van der Waals surface area contributed by atoms with Crippen LogP contribution in [-0.2, 0) is 6.61 Å². The maximum Gasteiger partial charge on any atom is 0.182 e. The highest BCUT2D eigenvalue weighted by atomic mass is 19.1. The van der Waals surface area contributed by atoms with E-state index in [0.717, 1.165) is 47.3 Å². The zero-order chi connectivity index (χ0) is 16.8. The summed E-state index contributed by atoms with van der Waals surface area (Å²) in [4.78, 5) is 0. The third kappa shape index (κ3) is 4.57. The summed E-state index contributed by atoms with van der Waals surface area (Å²) in [7, 11) is 0. The number of hydrogen-bond donors (Lipinski definition) is 0. The second-order valence-electron chi connectivity index (χ2n) is 6.27. The average molecular weight is 327 g/mol. The molecule has 3 nitrogen and oxygen atoms in total. The van der Waals surface area contributed by atoms with Crippen molar-refractivity contribution in [1.29, 1.82) is 0 Å². The number of nitrogens with zero attached hydrogens (tertiary/aromatic N) is 1. The molecule has 2 aromatic rings. The Labute approximate surface area is 142 Å². The summed E-state index contributed by atoms with van der Waals surface area (Å²) in [6.45, 7) is 0.388. The molecule has 0 radical (unpaired) electrons. The topological polar surface area (TPSA) is 35.3 Å². The lowest BCUT2D eigenvalue weighted by Crippen LogP contribution is -2.25. The highest BCUT2D eigenvalue weighted by molar-refractivity contribution is 5.75. The summed E-state index contributed by atoms with van der Waals surface area (Å²) < 4.78 is 19.6. The van der Waals surface area contributed by atoms with Gasteiger partial charge in [-0.3, -0.25) is 0 Å². The van der Waals surface area contributed by atoms with Crippen molar-refractivity contribution in [3.05, 3.63) is 70.7 Å². The highest BCUT2D eigenvalue weighted by Crippen LogP contribution is 2.20. The van der Waals surface area contributed by atoms with Crippen molar-refractivity contribution in [1.82, 2.24) is 0 Å². The number of hydroxylamine groups is 1. The van der Waals surface area contributed by atoms with Crippen LogP contribution in [-0.4, -0.2) is 17.0 Å². The Morgan fingerprint density at radius 1 is 1.00 bits per heavy atom. The van der Waals surface area contributed by atoms with Crippen LogP contribution in [0.3, 0.4) is 0 Å². The van der Waals surface area contributed by atoms with Crippen molar-refractivity contribution in [3.8, 4) is 5.75 Å². The van der Waals surface area contributed by atoms with E-state index in [-0.39, 0.29) is 11.9 Å². The molecule has 0 heterocycles. The van der Waals surface area contributed by atoms with Crippen LogP contribution in [0.4, 0.5) is 4.39 Å². The molecule has 3 rings (SSSR count). The van der Waals surface area contributed by atoms with E-state index in [1.807, 2.05) is 24.3 Å². The molecule has 0 unspecified atom stereocenters. The monoisotopic (exact) mass is 327 g/mol. The van der Waals surface area contributed by atoms with Crippen LogP contribution in [0.5, 0.6) is 5.75 Å². The second-order valence-corrected chi connectivity index (χ2v) is 6.27. The molecule has 1 aliphatic carbocycles. The summed E-state index contributed by atoms with van der Waals surface area (Å²) in [5.74, 6) is 0.477. The van der Waals surface area contributed by atoms with E-state index in [2.05, 4.69) is 0 Å². The number of ether oxygens (including phenoxy) is 1. The maximum atomic E-state index is 12.9. The van der Waals surface area contributed by atoms with Gasteiger partial charge in [0.25, 0.3) is 0 Å². The van der Waals surface area contributed by atoms with E-state index in [9.17, 15) is 9.60 Å². The van der Waals surface area contributed by atoms with Gasteiger partial charge in [-0.1, -0.05) is 18.6 Å². The molecule has 0 saturated heterocycles. The molecule has 0 amide bonds. The van der Waals surface area contributed by atoms with Crippen LogP contribution >= 0.6 is 0 Å². The molecule has 1 saturated carbocycles. The van der Waals surface area contributed by atoms with Crippen molar-refractivity contribution < 1.29 is 13.9 Å². The Kier molecular flexibility index (Phi) is 5.47. The molecule has 2 aromatic carbocycles. The number of hydrogen-bond acceptors (Lipinski definition) is 2. The van der Waals surface area contributed by atoms with Gasteiger partial charge >= 0.3 is 0 Å². The smallest absolute Gasteiger partial charge is 0.182 e. The van der Waals surface area contributed by atoms with Crippen LogP contribution in [0.1, 0.15) is 43.2 Å². The van der Waals surface area contributed by atoms with E-state index in [1.165, 1.54) is 18.6 Å². The number of halogens is 1. The number of benzene rings is 2. The summed E-state index contributed by atoms with van der Waals surface area (Å²) >= 11 is 0. The van der Waals surface area contributed by atoms with Crippen LogP contribution in [0.25, 0.3) is 0 Å². The quantitative estimate of drug-likeness (QED) is 0.346. The predicted octanol–water partition coefficient (Wildman–Crippen LogP) is 4.67. The first-order valence-electron chi connectivity index (χ1n) is 8.48. The minimum atomic E-state index is -0.251. The van der Waals surface area contributed by atoms with Crippen LogP contribution in [0, 0.1) is 11.0 Å². The molecule has 1 fully saturated rings. The molecule has 0 aromatic heterocycles. The van der Waals surface area contributed by atoms with Crippen molar-refractivity contribution in [2.45, 2.75) is 44.8 Å². The third-order valence-corrected chi connectivity index (χ3v) is 4.41. The van der Waals surface area contributed by atoms with E-state index >= 15 is 0 Å². The van der Waals surface area contributed by atoms with Crippen LogP contribution in [0.15, 0.2) is 48.5 Å². The molecule has 126 valence electrons. The van der Waals surface area contributed by atoms with E-state index in [0.29, 0.717) is 6.61 Å². The van der Waals surface area contributed by atoms with Gasteiger partial charge in [-0.2, -0.15) is 0 Å². The molecule has 0 N–H and O–H groups in total. The number of rotatable bonds is 5. The second kappa shape index (κ2) is 7.95. The van der Waals surface area contributed by atoms with Gasteiger partial charge in [0.2, 0.25) is 0 Å². The fraction of sp³-hybridized carbons (Fsp3) is 0.350. The van der Waals surface area contributed by atoms with Crippen molar-refractivity contribution in [3.63, 3.8) is 0 Å². The summed E-state index contributed by atoms with van der Waals surface area (Å²) in [5, 5.41) is 12.2. The van der Waals surface area contributed by atoms with Crippen molar-refractivity contribution >= 4 is 6.21 Å². The Morgan fingerprint density at radius 3 is 2.33 bits per heavy atom. The molecule has 0 aliphatic heterocycles. The molecular weight excluding hydrogens is 305 g/mol. The van der Waals surface area contributed by atoms with Gasteiger partial charge in [0, 0.05) is 18.4 Å². The van der Waals surface area contributed by atoms with E-state index in [4.69, 9.17) is 4.74 Å². The Morgan fingerprint density at radius 2 is 1.67 bits per heavy atom. The third-order valence-electron chi connectivity index (χ3n) is 4.41. The lowest BCUT2D eigenvalue weighted by Gasteiger charge is -2.20. The lowest BCUT2D eigenvalue weighted by molar-refractivity contribution is -0.500. The van der Waals surface area contributed by atoms with Gasteiger partial charge in [0.15, 0.2) is 12.3 Å². The highest BCUT2D eigenvalue weighted by Gasteiger charge is 2.19. The van der Waals surface area contributed by atoms with Crippen molar-refractivity contribution in [2.24, 2.45) is 0 Å². The van der Waals surface area contributed by atoms with Crippen molar-refractivity contribution in [2.75, 3.05) is 0 Å². The Balaban J connectivity index is 1.57. The van der Waals surface area contributed by atoms with Crippen LogP contribution < -0.4 is 4.74 Å². The first kappa shape index (κ1) is 16.5. The standard InChI is InChI=1S/C20H22FNO2/c21-18-10-6-17(7-11-18)15-24-20-12-8-16(9-13-20)14-22(23)19-4-2-1-3-5-19/h6-14,19H,1-5,15H2. The lowest BCUT2D eigenvalue weighted by atomic mass is 9.96. The average Bonchev–Trinajstić information content (AvgIpc) is 2.63. The summed E-state index contributed by atoms with van der Waals surface area (Å²) in [6, 6.07) is 13.8. The molecule has 24 heavy (non-hydrogen) atoms. The van der Waals surface area contributed by atoms with Gasteiger partial charge in [-0.15, -0.1) is 0 Å². The van der Waals surface area contributed by atoms with Gasteiger partial charge in [0.05, 0.1) is 0 Å². The summed E-state index contributed by atoms with van der Waals surface area (Å²) in [6.07, 6.45) is 7.17.